The van der Waals surface area contributed by atoms with Gasteiger partial charge >= 0.3 is 0 Å². The fourth-order valence-corrected chi connectivity index (χ4v) is 3.10. The van der Waals surface area contributed by atoms with Crippen molar-refractivity contribution in [3.05, 3.63) is 84.7 Å². The van der Waals surface area contributed by atoms with Crippen LogP contribution >= 0.6 is 0 Å². The second-order valence-corrected chi connectivity index (χ2v) is 5.98. The molecule has 0 fully saturated rings. The zero-order valence-electron chi connectivity index (χ0n) is 13.7. The van der Waals surface area contributed by atoms with Gasteiger partial charge in [-0.25, -0.2) is 19.3 Å². The normalized spacial score (nSPS) is 11.3. The minimum absolute atomic E-state index is 0.308. The first-order chi connectivity index (χ1) is 12.8. The van der Waals surface area contributed by atoms with Crippen molar-refractivity contribution in [2.75, 3.05) is 0 Å². The molecule has 0 amide bonds. The van der Waals surface area contributed by atoms with Gasteiger partial charge in [-0.3, -0.25) is 4.57 Å². The molecule has 0 aliphatic carbocycles. The average Bonchev–Trinajstić information content (AvgIpc) is 3.05. The third-order valence-corrected chi connectivity index (χ3v) is 4.27. The number of rotatable bonds is 2. The molecule has 0 saturated carbocycles. The molecule has 5 aromatic rings. The first kappa shape index (κ1) is 14.7. The Morgan fingerprint density at radius 3 is 2.19 bits per heavy atom. The lowest BCUT2D eigenvalue weighted by molar-refractivity contribution is 0.627. The third kappa shape index (κ3) is 2.33. The van der Waals surface area contributed by atoms with Gasteiger partial charge in [0.05, 0.1) is 16.7 Å². The fourth-order valence-electron chi connectivity index (χ4n) is 3.10. The van der Waals surface area contributed by atoms with E-state index < -0.39 is 0 Å². The van der Waals surface area contributed by atoms with Crippen molar-refractivity contribution in [2.24, 2.45) is 0 Å². The molecule has 124 valence electrons. The molecule has 0 radical (unpaired) electrons. The van der Waals surface area contributed by atoms with Crippen LogP contribution in [0.5, 0.6) is 0 Å². The highest BCUT2D eigenvalue weighted by Crippen LogP contribution is 2.28. The van der Waals surface area contributed by atoms with Crippen LogP contribution < -0.4 is 0 Å². The Morgan fingerprint density at radius 1 is 0.692 bits per heavy atom. The Morgan fingerprint density at radius 2 is 1.42 bits per heavy atom. The summed E-state index contributed by atoms with van der Waals surface area (Å²) in [6.45, 7) is 0. The smallest absolute Gasteiger partial charge is 0.199 e. The van der Waals surface area contributed by atoms with Crippen LogP contribution in [0.25, 0.3) is 39.4 Å². The molecule has 0 saturated heterocycles. The van der Waals surface area contributed by atoms with Crippen molar-refractivity contribution in [3.63, 3.8) is 0 Å². The molecule has 4 nitrogen and oxygen atoms in total. The average molecular weight is 340 g/mol. The number of hydrogen-bond acceptors (Lipinski definition) is 3. The maximum absolute atomic E-state index is 13.9. The van der Waals surface area contributed by atoms with E-state index in [2.05, 4.69) is 4.98 Å². The minimum atomic E-state index is -0.308. The van der Waals surface area contributed by atoms with Crippen LogP contribution in [0.4, 0.5) is 4.39 Å². The number of imidazole rings is 1. The fraction of sp³-hybridized carbons (Fsp3) is 0. The molecule has 0 unspecified atom stereocenters. The van der Waals surface area contributed by atoms with E-state index in [0.717, 1.165) is 16.6 Å². The van der Waals surface area contributed by atoms with Crippen LogP contribution in [-0.2, 0) is 0 Å². The zero-order valence-corrected chi connectivity index (χ0v) is 13.7. The van der Waals surface area contributed by atoms with Gasteiger partial charge in [-0.05, 0) is 30.3 Å². The number of para-hydroxylation sites is 2. The molecule has 0 atom stereocenters. The van der Waals surface area contributed by atoms with Crippen molar-refractivity contribution in [3.8, 4) is 17.1 Å². The highest BCUT2D eigenvalue weighted by Gasteiger charge is 2.17. The van der Waals surface area contributed by atoms with Gasteiger partial charge in [0.1, 0.15) is 11.6 Å². The second kappa shape index (κ2) is 5.74. The number of aromatic nitrogens is 4. The highest BCUT2D eigenvalue weighted by atomic mass is 19.1. The molecule has 5 rings (SSSR count). The van der Waals surface area contributed by atoms with E-state index in [4.69, 9.17) is 9.97 Å². The van der Waals surface area contributed by atoms with Crippen LogP contribution in [0.3, 0.4) is 0 Å². The monoisotopic (exact) mass is 340 g/mol. The van der Waals surface area contributed by atoms with Gasteiger partial charge in [-0.1, -0.05) is 48.5 Å². The van der Waals surface area contributed by atoms with E-state index in [1.54, 1.807) is 6.07 Å². The first-order valence-electron chi connectivity index (χ1n) is 8.26. The van der Waals surface area contributed by atoms with Crippen LogP contribution in [0.2, 0.25) is 0 Å². The molecule has 3 aromatic carbocycles. The molecule has 0 aliphatic rings. The van der Waals surface area contributed by atoms with Gasteiger partial charge in [0.2, 0.25) is 0 Å². The molecule has 2 aromatic heterocycles. The van der Waals surface area contributed by atoms with Crippen LogP contribution in [0.1, 0.15) is 0 Å². The largest absolute Gasteiger partial charge is 0.275 e. The summed E-state index contributed by atoms with van der Waals surface area (Å²) in [7, 11) is 0. The van der Waals surface area contributed by atoms with Crippen molar-refractivity contribution in [1.29, 1.82) is 0 Å². The van der Waals surface area contributed by atoms with Gasteiger partial charge < -0.3 is 0 Å². The van der Waals surface area contributed by atoms with E-state index in [9.17, 15) is 4.39 Å². The molecular formula is C21H13FN4. The summed E-state index contributed by atoms with van der Waals surface area (Å²) in [6, 6.07) is 23.9. The van der Waals surface area contributed by atoms with E-state index in [1.165, 1.54) is 12.1 Å². The zero-order chi connectivity index (χ0) is 17.5. The maximum atomic E-state index is 13.9. The summed E-state index contributed by atoms with van der Waals surface area (Å²) in [6.07, 6.45) is 0. The quantitative estimate of drug-likeness (QED) is 0.465. The number of nitrogens with zero attached hydrogens (tertiary/aromatic N) is 4. The Kier molecular flexibility index (Phi) is 3.25. The third-order valence-electron chi connectivity index (χ3n) is 4.27. The van der Waals surface area contributed by atoms with Crippen molar-refractivity contribution in [2.45, 2.75) is 0 Å². The standard InChI is InChI=1S/C21H13FN4/c22-15-9-6-10-16(13-15)26-20(14-7-2-1-3-8-14)25-19-21(26)24-18-12-5-4-11-17(18)23-19/h1-13H. The topological polar surface area (TPSA) is 43.6 Å². The molecule has 0 spiro atoms. The van der Waals surface area contributed by atoms with E-state index >= 15 is 0 Å². The summed E-state index contributed by atoms with van der Waals surface area (Å²) in [5, 5.41) is 0. The Bertz CT molecular complexity index is 1250. The van der Waals surface area contributed by atoms with E-state index in [0.29, 0.717) is 22.8 Å². The molecular weight excluding hydrogens is 327 g/mol. The number of benzene rings is 3. The minimum Gasteiger partial charge on any atom is -0.275 e. The highest BCUT2D eigenvalue weighted by molar-refractivity contribution is 5.86. The second-order valence-electron chi connectivity index (χ2n) is 5.98. The Hall–Kier alpha value is -3.60. The van der Waals surface area contributed by atoms with E-state index in [-0.39, 0.29) is 5.82 Å². The van der Waals surface area contributed by atoms with Gasteiger partial charge in [-0.15, -0.1) is 0 Å². The first-order valence-corrected chi connectivity index (χ1v) is 8.26. The van der Waals surface area contributed by atoms with Gasteiger partial charge in [0.15, 0.2) is 11.3 Å². The lowest BCUT2D eigenvalue weighted by Crippen LogP contribution is -1.99. The van der Waals surface area contributed by atoms with Gasteiger partial charge in [-0.2, -0.15) is 0 Å². The Labute approximate surface area is 148 Å². The van der Waals surface area contributed by atoms with Crippen LogP contribution in [0.15, 0.2) is 78.9 Å². The lowest BCUT2D eigenvalue weighted by atomic mass is 10.2. The molecule has 26 heavy (non-hydrogen) atoms. The number of halogens is 1. The number of fused-ring (bicyclic) bond motifs is 2. The van der Waals surface area contributed by atoms with Crippen LogP contribution in [-0.4, -0.2) is 19.5 Å². The molecule has 0 aliphatic heterocycles. The van der Waals surface area contributed by atoms with Gasteiger partial charge in [0, 0.05) is 5.56 Å². The lowest BCUT2D eigenvalue weighted by Gasteiger charge is -2.09. The summed E-state index contributed by atoms with van der Waals surface area (Å²) in [5.41, 5.74) is 4.28. The van der Waals surface area contributed by atoms with Crippen molar-refractivity contribution in [1.82, 2.24) is 19.5 Å². The van der Waals surface area contributed by atoms with Crippen molar-refractivity contribution < 1.29 is 4.39 Å². The number of hydrogen-bond donors (Lipinski definition) is 0. The Balaban J connectivity index is 1.90. The molecule has 0 bridgehead atoms. The maximum Gasteiger partial charge on any atom is 0.199 e. The molecule has 0 N–H and O–H groups in total. The van der Waals surface area contributed by atoms with E-state index in [1.807, 2.05) is 65.2 Å². The summed E-state index contributed by atoms with van der Waals surface area (Å²) < 4.78 is 15.7. The van der Waals surface area contributed by atoms with Gasteiger partial charge in [0.25, 0.3) is 0 Å². The summed E-state index contributed by atoms with van der Waals surface area (Å²) in [5.74, 6) is 0.374. The SMILES string of the molecule is Fc1cccc(-n2c(-c3ccccc3)nc3nc4ccccc4nc32)c1. The summed E-state index contributed by atoms with van der Waals surface area (Å²) >= 11 is 0. The molecule has 2 heterocycles. The van der Waals surface area contributed by atoms with Crippen LogP contribution in [0, 0.1) is 5.82 Å². The van der Waals surface area contributed by atoms with Crippen molar-refractivity contribution >= 4 is 22.3 Å². The molecule has 5 heteroatoms. The predicted molar refractivity (Wildman–Crippen MR) is 99.6 cm³/mol. The summed E-state index contributed by atoms with van der Waals surface area (Å²) in [4.78, 5) is 14.1. The predicted octanol–water partition coefficient (Wildman–Crippen LogP) is 4.77.